The van der Waals surface area contributed by atoms with Gasteiger partial charge in [-0.15, -0.1) is 0 Å². The Morgan fingerprint density at radius 2 is 1.96 bits per heavy atom. The highest BCUT2D eigenvalue weighted by Gasteiger charge is 2.16. The molecule has 0 spiro atoms. The lowest BCUT2D eigenvalue weighted by Gasteiger charge is -2.17. The normalized spacial score (nSPS) is 12.5. The molecule has 1 amide bonds. The van der Waals surface area contributed by atoms with Gasteiger partial charge in [0.1, 0.15) is 0 Å². The first-order valence-electron chi connectivity index (χ1n) is 8.39. The van der Waals surface area contributed by atoms with E-state index in [4.69, 9.17) is 11.6 Å². The van der Waals surface area contributed by atoms with E-state index in [1.54, 1.807) is 12.4 Å². The number of aromatic nitrogens is 3. The Morgan fingerprint density at radius 3 is 2.60 bits per heavy atom. The van der Waals surface area contributed by atoms with Crippen molar-refractivity contribution in [2.24, 2.45) is 0 Å². The van der Waals surface area contributed by atoms with Crippen LogP contribution in [0.3, 0.4) is 0 Å². The molecule has 1 aromatic carbocycles. The molecule has 0 radical (unpaired) electrons. The van der Waals surface area contributed by atoms with Gasteiger partial charge >= 0.3 is 0 Å². The van der Waals surface area contributed by atoms with Gasteiger partial charge in [0.25, 0.3) is 5.91 Å². The molecule has 2 aromatic heterocycles. The standard InChI is InChI=1S/C19H21ClN4O/c1-4-17(13-5-7-16(20)8-6-13)23-19(25)15-9-14-11-22-24(12(2)3)18(14)21-10-15/h5-12,17H,4H2,1-3H3,(H,23,25)/t17-/m0/s1. The SMILES string of the molecule is CC[C@H](NC(=O)c1cnc2c(cnn2C(C)C)c1)c1ccc(Cl)cc1. The van der Waals surface area contributed by atoms with Crippen molar-refractivity contribution in [3.8, 4) is 0 Å². The van der Waals surface area contributed by atoms with E-state index in [1.807, 2.05) is 55.8 Å². The Hall–Kier alpha value is -2.40. The van der Waals surface area contributed by atoms with Gasteiger partial charge < -0.3 is 5.32 Å². The highest BCUT2D eigenvalue weighted by atomic mass is 35.5. The van der Waals surface area contributed by atoms with Crippen LogP contribution < -0.4 is 5.32 Å². The Kier molecular flexibility index (Phi) is 5.04. The molecule has 3 aromatic rings. The second-order valence-electron chi connectivity index (χ2n) is 6.31. The summed E-state index contributed by atoms with van der Waals surface area (Å²) in [6.45, 7) is 6.13. The molecule has 5 nitrogen and oxygen atoms in total. The highest BCUT2D eigenvalue weighted by Crippen LogP contribution is 2.21. The Balaban J connectivity index is 1.82. The maximum Gasteiger partial charge on any atom is 0.253 e. The molecular weight excluding hydrogens is 336 g/mol. The smallest absolute Gasteiger partial charge is 0.253 e. The molecule has 0 aliphatic carbocycles. The van der Waals surface area contributed by atoms with Crippen molar-refractivity contribution in [1.82, 2.24) is 20.1 Å². The molecule has 1 atom stereocenters. The van der Waals surface area contributed by atoms with Gasteiger partial charge in [-0.1, -0.05) is 30.7 Å². The third-order valence-corrected chi connectivity index (χ3v) is 4.42. The summed E-state index contributed by atoms with van der Waals surface area (Å²) in [4.78, 5) is 17.1. The topological polar surface area (TPSA) is 59.8 Å². The van der Waals surface area contributed by atoms with Gasteiger partial charge in [-0.2, -0.15) is 5.10 Å². The summed E-state index contributed by atoms with van der Waals surface area (Å²) in [5, 5.41) is 8.95. The van der Waals surface area contributed by atoms with E-state index in [0.717, 1.165) is 23.0 Å². The van der Waals surface area contributed by atoms with E-state index in [-0.39, 0.29) is 18.0 Å². The molecule has 0 saturated heterocycles. The molecule has 0 saturated carbocycles. The van der Waals surface area contributed by atoms with Crippen LogP contribution in [0.4, 0.5) is 0 Å². The number of benzene rings is 1. The number of carbonyl (C=O) groups excluding carboxylic acids is 1. The van der Waals surface area contributed by atoms with Crippen LogP contribution in [0.1, 0.15) is 55.2 Å². The van der Waals surface area contributed by atoms with Gasteiger partial charge in [-0.3, -0.25) is 4.79 Å². The fourth-order valence-corrected chi connectivity index (χ4v) is 2.93. The summed E-state index contributed by atoms with van der Waals surface area (Å²) in [5.74, 6) is -0.145. The number of halogens is 1. The zero-order valence-electron chi connectivity index (χ0n) is 14.5. The molecule has 25 heavy (non-hydrogen) atoms. The molecule has 0 bridgehead atoms. The van der Waals surface area contributed by atoms with Crippen molar-refractivity contribution in [2.45, 2.75) is 39.3 Å². The minimum absolute atomic E-state index is 0.0705. The first-order valence-corrected chi connectivity index (χ1v) is 8.77. The zero-order chi connectivity index (χ0) is 18.0. The van der Waals surface area contributed by atoms with E-state index in [2.05, 4.69) is 15.4 Å². The number of hydrogen-bond donors (Lipinski definition) is 1. The van der Waals surface area contributed by atoms with Crippen molar-refractivity contribution in [2.75, 3.05) is 0 Å². The Morgan fingerprint density at radius 1 is 1.24 bits per heavy atom. The minimum atomic E-state index is -0.145. The number of pyridine rings is 1. The fourth-order valence-electron chi connectivity index (χ4n) is 2.80. The van der Waals surface area contributed by atoms with E-state index in [1.165, 1.54) is 0 Å². The van der Waals surface area contributed by atoms with Gasteiger partial charge in [0.05, 0.1) is 17.8 Å². The van der Waals surface area contributed by atoms with Gasteiger partial charge in [-0.05, 0) is 44.0 Å². The summed E-state index contributed by atoms with van der Waals surface area (Å²) in [5.41, 5.74) is 2.35. The summed E-state index contributed by atoms with van der Waals surface area (Å²) in [6.07, 6.45) is 4.14. The van der Waals surface area contributed by atoms with E-state index >= 15 is 0 Å². The average molecular weight is 357 g/mol. The molecule has 1 N–H and O–H groups in total. The summed E-state index contributed by atoms with van der Waals surface area (Å²) in [7, 11) is 0. The predicted octanol–water partition coefficient (Wildman–Crippen LogP) is 4.55. The van der Waals surface area contributed by atoms with Crippen molar-refractivity contribution < 1.29 is 4.79 Å². The number of carbonyl (C=O) groups is 1. The van der Waals surface area contributed by atoms with Crippen LogP contribution >= 0.6 is 11.6 Å². The van der Waals surface area contributed by atoms with Crippen molar-refractivity contribution >= 4 is 28.5 Å². The first kappa shape index (κ1) is 17.4. The first-order chi connectivity index (χ1) is 12.0. The molecule has 0 aliphatic rings. The second-order valence-corrected chi connectivity index (χ2v) is 6.74. The average Bonchev–Trinajstić information content (AvgIpc) is 3.03. The number of rotatable bonds is 5. The van der Waals surface area contributed by atoms with Gasteiger partial charge in [0.2, 0.25) is 0 Å². The molecule has 3 rings (SSSR count). The molecule has 130 valence electrons. The molecule has 0 unspecified atom stereocenters. The number of nitrogens with one attached hydrogen (secondary N) is 1. The van der Waals surface area contributed by atoms with Gasteiger partial charge in [-0.25, -0.2) is 9.67 Å². The van der Waals surface area contributed by atoms with Crippen LogP contribution in [-0.2, 0) is 0 Å². The summed E-state index contributed by atoms with van der Waals surface area (Å²) >= 11 is 5.94. The van der Waals surface area contributed by atoms with Crippen LogP contribution in [0.25, 0.3) is 11.0 Å². The number of nitrogens with zero attached hydrogens (tertiary/aromatic N) is 3. The summed E-state index contributed by atoms with van der Waals surface area (Å²) < 4.78 is 1.85. The minimum Gasteiger partial charge on any atom is -0.345 e. The van der Waals surface area contributed by atoms with Crippen LogP contribution in [0.15, 0.2) is 42.7 Å². The van der Waals surface area contributed by atoms with Crippen LogP contribution in [-0.4, -0.2) is 20.7 Å². The van der Waals surface area contributed by atoms with Gasteiger partial charge in [0.15, 0.2) is 5.65 Å². The summed E-state index contributed by atoms with van der Waals surface area (Å²) in [6, 6.07) is 9.52. The number of fused-ring (bicyclic) bond motifs is 1. The quantitative estimate of drug-likeness (QED) is 0.729. The second kappa shape index (κ2) is 7.23. The molecule has 6 heteroatoms. The van der Waals surface area contributed by atoms with Crippen LogP contribution in [0.5, 0.6) is 0 Å². The van der Waals surface area contributed by atoms with Gasteiger partial charge in [0, 0.05) is 22.6 Å². The van der Waals surface area contributed by atoms with Crippen molar-refractivity contribution in [3.63, 3.8) is 0 Å². The maximum atomic E-state index is 12.6. The van der Waals surface area contributed by atoms with Crippen LogP contribution in [0, 0.1) is 0 Å². The molecule has 0 aliphatic heterocycles. The molecule has 0 fully saturated rings. The molecular formula is C19H21ClN4O. The number of hydrogen-bond acceptors (Lipinski definition) is 3. The monoisotopic (exact) mass is 356 g/mol. The third-order valence-electron chi connectivity index (χ3n) is 4.17. The number of amides is 1. The van der Waals surface area contributed by atoms with Crippen LogP contribution in [0.2, 0.25) is 5.02 Å². The van der Waals surface area contributed by atoms with Crippen molar-refractivity contribution in [3.05, 3.63) is 58.9 Å². The Labute approximate surface area is 152 Å². The third kappa shape index (κ3) is 3.66. The van der Waals surface area contributed by atoms with E-state index < -0.39 is 0 Å². The van der Waals surface area contributed by atoms with Crippen molar-refractivity contribution in [1.29, 1.82) is 0 Å². The highest BCUT2D eigenvalue weighted by molar-refractivity contribution is 6.30. The lowest BCUT2D eigenvalue weighted by atomic mass is 10.0. The zero-order valence-corrected chi connectivity index (χ0v) is 15.3. The van der Waals surface area contributed by atoms with E-state index in [0.29, 0.717) is 10.6 Å². The lowest BCUT2D eigenvalue weighted by Crippen LogP contribution is -2.28. The lowest BCUT2D eigenvalue weighted by molar-refractivity contribution is 0.0935. The predicted molar refractivity (Wildman–Crippen MR) is 99.9 cm³/mol. The van der Waals surface area contributed by atoms with E-state index in [9.17, 15) is 4.79 Å². The Bertz CT molecular complexity index is 886. The maximum absolute atomic E-state index is 12.6. The fraction of sp³-hybridized carbons (Fsp3) is 0.316. The molecule has 2 heterocycles. The largest absolute Gasteiger partial charge is 0.345 e.